The molecule has 0 bridgehead atoms. The summed E-state index contributed by atoms with van der Waals surface area (Å²) in [6.45, 7) is 0.233. The Morgan fingerprint density at radius 2 is 1.61 bits per heavy atom. The topological polar surface area (TPSA) is 46.2 Å². The summed E-state index contributed by atoms with van der Waals surface area (Å²) in [5.74, 6) is -0.457. The van der Waals surface area contributed by atoms with Crippen molar-refractivity contribution >= 4 is 16.7 Å². The van der Waals surface area contributed by atoms with Gasteiger partial charge in [-0.2, -0.15) is 13.2 Å². The molecule has 0 aliphatic carbocycles. The van der Waals surface area contributed by atoms with Gasteiger partial charge in [0.2, 0.25) is 0 Å². The van der Waals surface area contributed by atoms with Gasteiger partial charge in [0.05, 0.1) is 5.56 Å². The Morgan fingerprint density at radius 1 is 1.04 bits per heavy atom. The van der Waals surface area contributed by atoms with Crippen LogP contribution in [-0.2, 0) is 23.5 Å². The largest absolute Gasteiger partial charge is 0.416 e. The number of hydrogen-bond donors (Lipinski definition) is 1. The van der Waals surface area contributed by atoms with Crippen molar-refractivity contribution in [2.75, 3.05) is 6.26 Å². The van der Waals surface area contributed by atoms with Crippen molar-refractivity contribution < 1.29 is 22.2 Å². The van der Waals surface area contributed by atoms with E-state index in [-0.39, 0.29) is 12.1 Å². The number of halogens is 3. The third kappa shape index (κ3) is 4.66. The molecule has 0 spiro atoms. The number of rotatable bonds is 4. The van der Waals surface area contributed by atoms with Gasteiger partial charge in [-0.3, -0.25) is 9.00 Å². The second-order valence-electron chi connectivity index (χ2n) is 4.86. The molecule has 1 N–H and O–H groups in total. The molecule has 0 aromatic heterocycles. The van der Waals surface area contributed by atoms with Crippen LogP contribution in [-0.4, -0.2) is 16.4 Å². The first-order valence-electron chi connectivity index (χ1n) is 6.65. The lowest BCUT2D eigenvalue weighted by Crippen LogP contribution is -2.22. The Hall–Kier alpha value is -2.15. The Balaban J connectivity index is 1.98. The molecule has 0 radical (unpaired) electrons. The normalized spacial score (nSPS) is 12.7. The van der Waals surface area contributed by atoms with Gasteiger partial charge in [0.15, 0.2) is 0 Å². The van der Waals surface area contributed by atoms with E-state index in [0.717, 1.165) is 29.8 Å². The van der Waals surface area contributed by atoms with Crippen molar-refractivity contribution in [3.05, 3.63) is 65.2 Å². The lowest BCUT2D eigenvalue weighted by atomic mass is 10.1. The summed E-state index contributed by atoms with van der Waals surface area (Å²) >= 11 is 0. The number of nitrogens with one attached hydrogen (secondary N) is 1. The van der Waals surface area contributed by atoms with Gasteiger partial charge >= 0.3 is 6.18 Å². The highest BCUT2D eigenvalue weighted by molar-refractivity contribution is 7.84. The summed E-state index contributed by atoms with van der Waals surface area (Å²) in [5, 5.41) is 2.63. The van der Waals surface area contributed by atoms with Crippen molar-refractivity contribution in [2.45, 2.75) is 17.6 Å². The number of carbonyl (C=O) groups is 1. The molecule has 2 aromatic carbocycles. The first kappa shape index (κ1) is 17.2. The average Bonchev–Trinajstić information content (AvgIpc) is 2.52. The monoisotopic (exact) mass is 341 g/mol. The SMILES string of the molecule is CS(=O)c1ccc(CNC(=O)c2ccc(C(F)(F)F)cc2)cc1. The van der Waals surface area contributed by atoms with Gasteiger partial charge in [-0.1, -0.05) is 12.1 Å². The van der Waals surface area contributed by atoms with Crippen molar-refractivity contribution in [3.63, 3.8) is 0 Å². The van der Waals surface area contributed by atoms with E-state index >= 15 is 0 Å². The van der Waals surface area contributed by atoms with Crippen LogP contribution in [0.5, 0.6) is 0 Å². The lowest BCUT2D eigenvalue weighted by Gasteiger charge is -2.08. The van der Waals surface area contributed by atoms with E-state index < -0.39 is 28.4 Å². The van der Waals surface area contributed by atoms with Gasteiger partial charge in [-0.05, 0) is 42.0 Å². The van der Waals surface area contributed by atoms with Crippen LogP contribution in [0.1, 0.15) is 21.5 Å². The molecule has 0 heterocycles. The zero-order valence-corrected chi connectivity index (χ0v) is 13.0. The maximum Gasteiger partial charge on any atom is 0.416 e. The minimum Gasteiger partial charge on any atom is -0.348 e. The minimum atomic E-state index is -4.42. The smallest absolute Gasteiger partial charge is 0.348 e. The van der Waals surface area contributed by atoms with Gasteiger partial charge in [0.25, 0.3) is 5.91 Å². The number of benzene rings is 2. The number of hydrogen-bond acceptors (Lipinski definition) is 2. The summed E-state index contributed by atoms with van der Waals surface area (Å²) < 4.78 is 48.6. The second kappa shape index (κ2) is 6.95. The number of amides is 1. The van der Waals surface area contributed by atoms with E-state index in [1.165, 1.54) is 0 Å². The molecule has 0 saturated carbocycles. The van der Waals surface area contributed by atoms with Crippen molar-refractivity contribution in [2.24, 2.45) is 0 Å². The van der Waals surface area contributed by atoms with Crippen LogP contribution in [0.4, 0.5) is 13.2 Å². The predicted octanol–water partition coefficient (Wildman–Crippen LogP) is 3.37. The van der Waals surface area contributed by atoms with Crippen LogP contribution in [0, 0.1) is 0 Å². The van der Waals surface area contributed by atoms with E-state index in [2.05, 4.69) is 5.32 Å². The van der Waals surface area contributed by atoms with Crippen LogP contribution in [0.25, 0.3) is 0 Å². The van der Waals surface area contributed by atoms with Crippen LogP contribution in [0.15, 0.2) is 53.4 Å². The second-order valence-corrected chi connectivity index (χ2v) is 6.24. The van der Waals surface area contributed by atoms with E-state index in [1.807, 2.05) is 0 Å². The fourth-order valence-electron chi connectivity index (χ4n) is 1.89. The van der Waals surface area contributed by atoms with Crippen molar-refractivity contribution in [1.82, 2.24) is 5.32 Å². The standard InChI is InChI=1S/C16H14F3NO2S/c1-23(22)14-8-2-11(3-9-14)10-20-15(21)12-4-6-13(7-5-12)16(17,18)19/h2-9H,10H2,1H3,(H,20,21). The van der Waals surface area contributed by atoms with Gasteiger partial charge in [-0.15, -0.1) is 0 Å². The van der Waals surface area contributed by atoms with Gasteiger partial charge in [0, 0.05) is 34.1 Å². The molecule has 23 heavy (non-hydrogen) atoms. The molecular formula is C16H14F3NO2S. The van der Waals surface area contributed by atoms with E-state index in [1.54, 1.807) is 30.5 Å². The Kier molecular flexibility index (Phi) is 5.20. The molecule has 1 atom stereocenters. The molecule has 3 nitrogen and oxygen atoms in total. The highest BCUT2D eigenvalue weighted by atomic mass is 32.2. The Labute approximate surface area is 134 Å². The number of alkyl halides is 3. The van der Waals surface area contributed by atoms with E-state index in [9.17, 15) is 22.2 Å². The first-order valence-corrected chi connectivity index (χ1v) is 8.21. The molecule has 0 fully saturated rings. The predicted molar refractivity (Wildman–Crippen MR) is 81.4 cm³/mol. The first-order chi connectivity index (χ1) is 10.8. The molecule has 2 rings (SSSR count). The van der Waals surface area contributed by atoms with Gasteiger partial charge < -0.3 is 5.32 Å². The number of carbonyl (C=O) groups excluding carboxylic acids is 1. The molecule has 2 aromatic rings. The summed E-state index contributed by atoms with van der Waals surface area (Å²) in [4.78, 5) is 12.6. The molecule has 122 valence electrons. The lowest BCUT2D eigenvalue weighted by molar-refractivity contribution is -0.137. The third-order valence-electron chi connectivity index (χ3n) is 3.18. The summed E-state index contributed by atoms with van der Waals surface area (Å²) in [6.07, 6.45) is -2.85. The highest BCUT2D eigenvalue weighted by Crippen LogP contribution is 2.29. The average molecular weight is 341 g/mol. The van der Waals surface area contributed by atoms with E-state index in [4.69, 9.17) is 0 Å². The summed E-state index contributed by atoms with van der Waals surface area (Å²) in [6, 6.07) is 10.9. The summed E-state index contributed by atoms with van der Waals surface area (Å²) in [7, 11) is -1.07. The molecule has 0 aliphatic heterocycles. The van der Waals surface area contributed by atoms with Crippen LogP contribution in [0.2, 0.25) is 0 Å². The van der Waals surface area contributed by atoms with Crippen molar-refractivity contribution in [3.8, 4) is 0 Å². The van der Waals surface area contributed by atoms with E-state index in [0.29, 0.717) is 4.90 Å². The quantitative estimate of drug-likeness (QED) is 0.927. The van der Waals surface area contributed by atoms with Crippen LogP contribution < -0.4 is 5.32 Å². The summed E-state index contributed by atoms with van der Waals surface area (Å²) in [5.41, 5.74) is 0.168. The minimum absolute atomic E-state index is 0.157. The molecule has 1 amide bonds. The third-order valence-corrected chi connectivity index (χ3v) is 4.12. The zero-order valence-electron chi connectivity index (χ0n) is 12.2. The van der Waals surface area contributed by atoms with Crippen molar-refractivity contribution in [1.29, 1.82) is 0 Å². The highest BCUT2D eigenvalue weighted by Gasteiger charge is 2.30. The Bertz CT molecular complexity index is 710. The maximum atomic E-state index is 12.5. The Morgan fingerprint density at radius 3 is 2.09 bits per heavy atom. The van der Waals surface area contributed by atoms with Crippen LogP contribution in [0.3, 0.4) is 0 Å². The maximum absolute atomic E-state index is 12.5. The van der Waals surface area contributed by atoms with Gasteiger partial charge in [-0.25, -0.2) is 0 Å². The van der Waals surface area contributed by atoms with Crippen LogP contribution >= 0.6 is 0 Å². The molecular weight excluding hydrogens is 327 g/mol. The fraction of sp³-hybridized carbons (Fsp3) is 0.188. The fourth-order valence-corrected chi connectivity index (χ4v) is 2.41. The molecule has 7 heteroatoms. The molecule has 0 saturated heterocycles. The van der Waals surface area contributed by atoms with Gasteiger partial charge in [0.1, 0.15) is 0 Å². The molecule has 1 unspecified atom stereocenters. The zero-order chi connectivity index (χ0) is 17.0. The molecule has 0 aliphatic rings.